The van der Waals surface area contributed by atoms with Gasteiger partial charge in [-0.2, -0.15) is 5.26 Å². The van der Waals surface area contributed by atoms with Crippen LogP contribution >= 0.6 is 23.2 Å². The zero-order chi connectivity index (χ0) is 18.8. The minimum Gasteiger partial charge on any atom is -0.355 e. The highest BCUT2D eigenvalue weighted by molar-refractivity contribution is 6.32. The lowest BCUT2D eigenvalue weighted by molar-refractivity contribution is 0.475. The van der Waals surface area contributed by atoms with E-state index in [0.29, 0.717) is 27.6 Å². The van der Waals surface area contributed by atoms with Gasteiger partial charge in [-0.05, 0) is 32.3 Å². The van der Waals surface area contributed by atoms with Crippen LogP contribution in [-0.2, 0) is 0 Å². The van der Waals surface area contributed by atoms with Gasteiger partial charge in [0.05, 0.1) is 33.7 Å². The molecule has 0 amide bonds. The predicted octanol–water partition coefficient (Wildman–Crippen LogP) is 3.77. The molecule has 26 heavy (non-hydrogen) atoms. The van der Waals surface area contributed by atoms with Gasteiger partial charge in [0.25, 0.3) is 0 Å². The second-order valence-electron chi connectivity index (χ2n) is 6.48. The first-order valence-corrected chi connectivity index (χ1v) is 9.20. The van der Waals surface area contributed by atoms with Crippen molar-refractivity contribution in [2.24, 2.45) is 0 Å². The normalized spacial score (nSPS) is 15.0. The molecule has 1 saturated heterocycles. The van der Waals surface area contributed by atoms with Gasteiger partial charge in [-0.1, -0.05) is 23.2 Å². The van der Waals surface area contributed by atoms with Crippen LogP contribution in [0.25, 0.3) is 0 Å². The zero-order valence-corrected chi connectivity index (χ0v) is 16.5. The second-order valence-corrected chi connectivity index (χ2v) is 7.29. The number of aryl methyl sites for hydroxylation is 1. The van der Waals surface area contributed by atoms with E-state index < -0.39 is 0 Å². The SMILES string of the molecule is Cc1nc(N2CCC(N(C)c3ncc(Cl)cn3)CC2)c(C#N)c(C)c1Cl. The van der Waals surface area contributed by atoms with E-state index in [1.165, 1.54) is 0 Å². The molecule has 6 nitrogen and oxygen atoms in total. The summed E-state index contributed by atoms with van der Waals surface area (Å²) in [5.41, 5.74) is 2.12. The molecule has 2 aromatic heterocycles. The van der Waals surface area contributed by atoms with Crippen molar-refractivity contribution in [3.63, 3.8) is 0 Å². The van der Waals surface area contributed by atoms with E-state index in [-0.39, 0.29) is 0 Å². The quantitative estimate of drug-likeness (QED) is 0.794. The van der Waals surface area contributed by atoms with Gasteiger partial charge in [0, 0.05) is 26.2 Å². The maximum Gasteiger partial charge on any atom is 0.225 e. The molecule has 3 heterocycles. The Morgan fingerprint density at radius 1 is 1.19 bits per heavy atom. The minimum absolute atomic E-state index is 0.326. The highest BCUT2D eigenvalue weighted by atomic mass is 35.5. The Bertz CT molecular complexity index is 838. The molecular weight excluding hydrogens is 371 g/mol. The third kappa shape index (κ3) is 3.55. The van der Waals surface area contributed by atoms with E-state index in [1.807, 2.05) is 20.9 Å². The lowest BCUT2D eigenvalue weighted by Crippen LogP contribution is -2.44. The maximum absolute atomic E-state index is 9.55. The van der Waals surface area contributed by atoms with Gasteiger partial charge >= 0.3 is 0 Å². The molecule has 0 spiro atoms. The van der Waals surface area contributed by atoms with Gasteiger partial charge < -0.3 is 9.80 Å². The number of pyridine rings is 1. The summed E-state index contributed by atoms with van der Waals surface area (Å²) in [7, 11) is 2.00. The summed E-state index contributed by atoms with van der Waals surface area (Å²) < 4.78 is 0. The van der Waals surface area contributed by atoms with Crippen LogP contribution in [0.4, 0.5) is 11.8 Å². The van der Waals surface area contributed by atoms with Gasteiger partial charge in [0.1, 0.15) is 11.9 Å². The van der Waals surface area contributed by atoms with E-state index in [1.54, 1.807) is 12.4 Å². The first kappa shape index (κ1) is 18.7. The Morgan fingerprint density at radius 3 is 2.38 bits per heavy atom. The highest BCUT2D eigenvalue weighted by Crippen LogP contribution is 2.31. The smallest absolute Gasteiger partial charge is 0.225 e. The van der Waals surface area contributed by atoms with Gasteiger partial charge in [-0.3, -0.25) is 0 Å². The van der Waals surface area contributed by atoms with E-state index in [9.17, 15) is 5.26 Å². The molecule has 0 N–H and O–H groups in total. The second kappa shape index (κ2) is 7.65. The van der Waals surface area contributed by atoms with Crippen LogP contribution in [0.3, 0.4) is 0 Å². The molecule has 3 rings (SSSR count). The standard InChI is InChI=1S/C18H20Cl2N6/c1-11-15(8-21)17(24-12(2)16(11)20)26-6-4-14(5-7-26)25(3)18-22-9-13(19)10-23-18/h9-10,14H,4-7H2,1-3H3. The fourth-order valence-electron chi connectivity index (χ4n) is 3.29. The Morgan fingerprint density at radius 2 is 1.81 bits per heavy atom. The number of halogens is 2. The van der Waals surface area contributed by atoms with Crippen LogP contribution in [-0.4, -0.2) is 41.1 Å². The average molecular weight is 391 g/mol. The summed E-state index contributed by atoms with van der Waals surface area (Å²) in [4.78, 5) is 17.4. The molecule has 0 unspecified atom stereocenters. The van der Waals surface area contributed by atoms with Crippen molar-refractivity contribution in [1.29, 1.82) is 5.26 Å². The van der Waals surface area contributed by atoms with Crippen molar-refractivity contribution >= 4 is 35.0 Å². The average Bonchev–Trinajstić information content (AvgIpc) is 2.66. The lowest BCUT2D eigenvalue weighted by Gasteiger charge is -2.37. The molecule has 2 aromatic rings. The van der Waals surface area contributed by atoms with Gasteiger partial charge in [-0.15, -0.1) is 0 Å². The number of nitrogens with zero attached hydrogens (tertiary/aromatic N) is 6. The Labute approximate surface area is 163 Å². The van der Waals surface area contributed by atoms with E-state index >= 15 is 0 Å². The number of hydrogen-bond donors (Lipinski definition) is 0. The molecule has 0 bridgehead atoms. The molecule has 1 aliphatic heterocycles. The summed E-state index contributed by atoms with van der Waals surface area (Å²) in [6.07, 6.45) is 5.07. The van der Waals surface area contributed by atoms with Crippen molar-refractivity contribution in [2.75, 3.05) is 29.9 Å². The number of piperidine rings is 1. The van der Waals surface area contributed by atoms with Crippen molar-refractivity contribution in [2.45, 2.75) is 32.7 Å². The fraction of sp³-hybridized carbons (Fsp3) is 0.444. The van der Waals surface area contributed by atoms with Gasteiger partial charge in [-0.25, -0.2) is 15.0 Å². The molecule has 136 valence electrons. The van der Waals surface area contributed by atoms with Crippen LogP contribution in [0.5, 0.6) is 0 Å². The van der Waals surface area contributed by atoms with Crippen molar-refractivity contribution in [1.82, 2.24) is 15.0 Å². The highest BCUT2D eigenvalue weighted by Gasteiger charge is 2.27. The Hall–Kier alpha value is -2.10. The first-order valence-electron chi connectivity index (χ1n) is 8.44. The molecule has 0 radical (unpaired) electrons. The molecule has 0 aliphatic carbocycles. The molecule has 0 atom stereocenters. The Kier molecular flexibility index (Phi) is 5.49. The molecule has 0 saturated carbocycles. The predicted molar refractivity (Wildman–Crippen MR) is 104 cm³/mol. The number of rotatable bonds is 3. The van der Waals surface area contributed by atoms with Crippen molar-refractivity contribution in [3.05, 3.63) is 39.3 Å². The minimum atomic E-state index is 0.326. The fourth-order valence-corrected chi connectivity index (χ4v) is 3.53. The maximum atomic E-state index is 9.55. The zero-order valence-electron chi connectivity index (χ0n) is 15.0. The number of hydrogen-bond acceptors (Lipinski definition) is 6. The number of anilines is 2. The summed E-state index contributed by atoms with van der Waals surface area (Å²) >= 11 is 12.1. The molecule has 1 aliphatic rings. The summed E-state index contributed by atoms with van der Waals surface area (Å²) in [6, 6.07) is 2.59. The van der Waals surface area contributed by atoms with E-state index in [0.717, 1.165) is 43.0 Å². The van der Waals surface area contributed by atoms with Gasteiger partial charge in [0.15, 0.2) is 0 Å². The third-order valence-corrected chi connectivity index (χ3v) is 5.62. The van der Waals surface area contributed by atoms with E-state index in [2.05, 4.69) is 30.8 Å². The number of aromatic nitrogens is 3. The van der Waals surface area contributed by atoms with E-state index in [4.69, 9.17) is 23.2 Å². The first-order chi connectivity index (χ1) is 12.4. The van der Waals surface area contributed by atoms with Crippen LogP contribution in [0.1, 0.15) is 29.7 Å². The van der Waals surface area contributed by atoms with Crippen LogP contribution in [0.2, 0.25) is 10.0 Å². The summed E-state index contributed by atoms with van der Waals surface area (Å²) in [5.74, 6) is 1.40. The van der Waals surface area contributed by atoms with Gasteiger partial charge in [0.2, 0.25) is 5.95 Å². The Balaban J connectivity index is 1.75. The summed E-state index contributed by atoms with van der Waals surface area (Å²) in [5, 5.41) is 10.6. The molecule has 8 heteroatoms. The summed E-state index contributed by atoms with van der Waals surface area (Å²) in [6.45, 7) is 5.37. The topological polar surface area (TPSA) is 68.9 Å². The molecule has 1 fully saturated rings. The molecule has 0 aromatic carbocycles. The van der Waals surface area contributed by atoms with Crippen molar-refractivity contribution in [3.8, 4) is 6.07 Å². The van der Waals surface area contributed by atoms with Crippen LogP contribution in [0.15, 0.2) is 12.4 Å². The monoisotopic (exact) mass is 390 g/mol. The largest absolute Gasteiger partial charge is 0.355 e. The van der Waals surface area contributed by atoms with Crippen LogP contribution < -0.4 is 9.80 Å². The van der Waals surface area contributed by atoms with Crippen molar-refractivity contribution < 1.29 is 0 Å². The third-order valence-electron chi connectivity index (χ3n) is 4.86. The number of nitriles is 1. The lowest BCUT2D eigenvalue weighted by atomic mass is 10.0. The van der Waals surface area contributed by atoms with Crippen LogP contribution in [0, 0.1) is 25.2 Å². The molecular formula is C18H20Cl2N6.